The average Bonchev–Trinajstić information content (AvgIpc) is 3.60. The molecule has 4 heterocycles. The maximum atomic E-state index is 13.2. The predicted octanol–water partition coefficient (Wildman–Crippen LogP) is -0.903. The van der Waals surface area contributed by atoms with Crippen LogP contribution in [0.25, 0.3) is 0 Å². The number of nitrogens with one attached hydrogen (secondary N) is 2. The quantitative estimate of drug-likeness (QED) is 0.0889. The van der Waals surface area contributed by atoms with Gasteiger partial charge in [-0.3, -0.25) is 33.9 Å². The first-order chi connectivity index (χ1) is 19.1. The number of aromatic amines is 1. The second-order valence-electron chi connectivity index (χ2n) is 9.01. The Labute approximate surface area is 237 Å². The molecule has 0 spiro atoms. The van der Waals surface area contributed by atoms with Gasteiger partial charge in [0.25, 0.3) is 11.8 Å². The fourth-order valence-electron chi connectivity index (χ4n) is 4.38. The molecule has 5 N–H and O–H groups in total. The number of hydrogen-bond donors (Lipinski definition) is 4. The molecule has 1 saturated carbocycles. The van der Waals surface area contributed by atoms with Crippen LogP contribution in [-0.4, -0.2) is 86.6 Å². The molecule has 2 atom stereocenters. The van der Waals surface area contributed by atoms with E-state index in [0.717, 1.165) is 53.9 Å². The summed E-state index contributed by atoms with van der Waals surface area (Å²) in [6.07, 6.45) is 3.46. The molecule has 3 aliphatic rings. The van der Waals surface area contributed by atoms with Crippen LogP contribution in [0.5, 0.6) is 0 Å². The summed E-state index contributed by atoms with van der Waals surface area (Å²) in [5, 5.41) is 18.5. The van der Waals surface area contributed by atoms with Crippen molar-refractivity contribution in [1.29, 1.82) is 0 Å². The van der Waals surface area contributed by atoms with Crippen molar-refractivity contribution in [3.05, 3.63) is 37.8 Å². The Morgan fingerprint density at radius 3 is 2.70 bits per heavy atom. The molecule has 2 fully saturated rings. The number of aromatic nitrogens is 5. The lowest BCUT2D eigenvalue weighted by Gasteiger charge is -2.49. The van der Waals surface area contributed by atoms with Gasteiger partial charge < -0.3 is 21.0 Å². The smallest absolute Gasteiger partial charge is 0.352 e. The zero-order valence-electron chi connectivity index (χ0n) is 20.9. The van der Waals surface area contributed by atoms with Crippen LogP contribution in [0.2, 0.25) is 0 Å². The van der Waals surface area contributed by atoms with Crippen LogP contribution in [0, 0.1) is 0 Å². The molecule has 2 aliphatic heterocycles. The Morgan fingerprint density at radius 2 is 2.02 bits per heavy atom. The lowest BCUT2D eigenvalue weighted by molar-refractivity contribution is -0.150. The number of nitrogens with two attached hydrogens (primary N) is 1. The molecule has 40 heavy (non-hydrogen) atoms. The van der Waals surface area contributed by atoms with Crippen molar-refractivity contribution in [2.75, 3.05) is 17.2 Å². The fraction of sp³-hybridized carbons (Fsp3) is 0.476. The summed E-state index contributed by atoms with van der Waals surface area (Å²) >= 11 is 3.20. The Hall–Kier alpha value is -3.71. The zero-order chi connectivity index (χ0) is 28.6. The summed E-state index contributed by atoms with van der Waals surface area (Å²) in [7, 11) is 1.49. The molecule has 0 radical (unpaired) electrons. The van der Waals surface area contributed by atoms with E-state index in [-0.39, 0.29) is 45.1 Å². The number of H-pyrrole nitrogens is 1. The average molecular weight is 610 g/mol. The number of β-lactam (4-membered cyclic amide) rings is 1. The van der Waals surface area contributed by atoms with Crippen molar-refractivity contribution in [2.24, 2.45) is 12.2 Å². The Morgan fingerprint density at radius 1 is 1.27 bits per heavy atom. The van der Waals surface area contributed by atoms with Crippen LogP contribution in [0.1, 0.15) is 31.5 Å². The number of thioether (sulfide) groups is 2. The number of aliphatic carboxylic acids is 1. The first-order valence-corrected chi connectivity index (χ1v) is 14.8. The van der Waals surface area contributed by atoms with Gasteiger partial charge in [-0.1, -0.05) is 16.9 Å². The van der Waals surface area contributed by atoms with Gasteiger partial charge in [0.05, 0.1) is 0 Å². The third-order valence-electron chi connectivity index (χ3n) is 6.32. The minimum atomic E-state index is -1.31. The third-order valence-corrected chi connectivity index (χ3v) is 9.32. The number of nitrogen functional groups attached to an aromatic ring is 1. The van der Waals surface area contributed by atoms with Crippen molar-refractivity contribution >= 4 is 63.7 Å². The number of aryl methyl sites for hydroxylation is 1. The van der Waals surface area contributed by atoms with E-state index in [4.69, 9.17) is 10.6 Å². The first-order valence-electron chi connectivity index (χ1n) is 12.0. The van der Waals surface area contributed by atoms with Gasteiger partial charge in [-0.15, -0.1) is 11.8 Å². The number of anilines is 1. The number of hydrogen-bond acceptors (Lipinski definition) is 14. The van der Waals surface area contributed by atoms with Gasteiger partial charge in [-0.2, -0.15) is 14.3 Å². The summed E-state index contributed by atoms with van der Waals surface area (Å²) < 4.78 is 5.30. The van der Waals surface area contributed by atoms with E-state index in [1.54, 1.807) is 0 Å². The molecule has 2 amide bonds. The standard InChI is InChI=1S/C21H23N9O7S3/c1-29-21(25-15(32)16(33)26-29)39-7-8-6-38-18-11(17(34)30(18)12(8)19(35)36)23-14(31)10(13-24-20(22)40-28-13)27-37-9-4-2-3-5-9/h9,11,18H,2-7H2,1H3,(H,23,31)(H,26,33)(H,35,36)(H2,22,24,28)/t11?,18-/m1/s1. The van der Waals surface area contributed by atoms with Gasteiger partial charge in [-0.25, -0.2) is 4.79 Å². The van der Waals surface area contributed by atoms with Crippen LogP contribution in [0.4, 0.5) is 5.13 Å². The highest BCUT2D eigenvalue weighted by Gasteiger charge is 2.54. The molecule has 212 valence electrons. The van der Waals surface area contributed by atoms with Crippen LogP contribution in [0.3, 0.4) is 0 Å². The van der Waals surface area contributed by atoms with Crippen molar-refractivity contribution in [3.8, 4) is 0 Å². The largest absolute Gasteiger partial charge is 0.477 e. The highest BCUT2D eigenvalue weighted by molar-refractivity contribution is 8.01. The highest BCUT2D eigenvalue weighted by atomic mass is 32.2. The maximum Gasteiger partial charge on any atom is 0.352 e. The number of carbonyl (C=O) groups excluding carboxylic acids is 2. The van der Waals surface area contributed by atoms with Gasteiger partial charge in [-0.05, 0) is 31.3 Å². The summed E-state index contributed by atoms with van der Waals surface area (Å²) in [5.74, 6) is -2.36. The van der Waals surface area contributed by atoms with Crippen molar-refractivity contribution in [3.63, 3.8) is 0 Å². The molecule has 1 saturated heterocycles. The molecular weight excluding hydrogens is 586 g/mol. The summed E-state index contributed by atoms with van der Waals surface area (Å²) in [6, 6.07) is -1.02. The second-order valence-corrected chi connectivity index (χ2v) is 11.8. The molecular formula is C21H23N9O7S3. The fourth-order valence-corrected chi connectivity index (χ4v) is 7.22. The van der Waals surface area contributed by atoms with Gasteiger partial charge >= 0.3 is 17.1 Å². The molecule has 16 nitrogen and oxygen atoms in total. The number of carbonyl (C=O) groups is 3. The van der Waals surface area contributed by atoms with E-state index < -0.39 is 40.3 Å². The molecule has 5 rings (SSSR count). The number of rotatable bonds is 9. The van der Waals surface area contributed by atoms with Crippen LogP contribution < -0.4 is 22.2 Å². The number of carboxylic acid groups (broad SMARTS) is 1. The SMILES string of the molecule is Cn1[nH]c(=O)c(=O)nc1SCC1=C(C(=O)O)N2C(=O)C(NC(=O)C(=NOC3CCCC3)c3nsc(N)n3)[C@H]2SC1. The van der Waals surface area contributed by atoms with Crippen molar-refractivity contribution < 1.29 is 24.3 Å². The van der Waals surface area contributed by atoms with E-state index >= 15 is 0 Å². The van der Waals surface area contributed by atoms with Crippen LogP contribution >= 0.6 is 35.1 Å². The van der Waals surface area contributed by atoms with Gasteiger partial charge in [0, 0.05) is 30.1 Å². The lowest BCUT2D eigenvalue weighted by Crippen LogP contribution is -2.71. The monoisotopic (exact) mass is 609 g/mol. The first kappa shape index (κ1) is 27.8. The minimum Gasteiger partial charge on any atom is -0.477 e. The maximum absolute atomic E-state index is 13.2. The summed E-state index contributed by atoms with van der Waals surface area (Å²) in [5.41, 5.74) is 3.84. The lowest BCUT2D eigenvalue weighted by atomic mass is 10.0. The number of amides is 2. The normalized spacial score (nSPS) is 21.3. The second kappa shape index (κ2) is 11.4. The van der Waals surface area contributed by atoms with E-state index in [1.807, 2.05) is 0 Å². The molecule has 0 bridgehead atoms. The number of nitrogens with zero attached hydrogens (tertiary/aromatic N) is 6. The van der Waals surface area contributed by atoms with Gasteiger partial charge in [0.1, 0.15) is 23.2 Å². The Balaban J connectivity index is 1.31. The highest BCUT2D eigenvalue weighted by Crippen LogP contribution is 2.41. The molecule has 2 aromatic heterocycles. The molecule has 1 unspecified atom stereocenters. The molecule has 2 aromatic rings. The Bertz CT molecular complexity index is 1540. The summed E-state index contributed by atoms with van der Waals surface area (Å²) in [4.78, 5) is 75.9. The van der Waals surface area contributed by atoms with E-state index in [2.05, 4.69) is 29.9 Å². The zero-order valence-corrected chi connectivity index (χ0v) is 23.3. The van der Waals surface area contributed by atoms with Gasteiger partial charge in [0.2, 0.25) is 11.5 Å². The number of fused-ring (bicyclic) bond motifs is 1. The van der Waals surface area contributed by atoms with Gasteiger partial charge in [0.15, 0.2) is 10.3 Å². The van der Waals surface area contributed by atoms with Crippen LogP contribution in [-0.2, 0) is 26.3 Å². The van der Waals surface area contributed by atoms with Crippen molar-refractivity contribution in [1.82, 2.24) is 34.3 Å². The van der Waals surface area contributed by atoms with E-state index in [1.165, 1.54) is 23.5 Å². The number of oxime groups is 1. The van der Waals surface area contributed by atoms with E-state index in [9.17, 15) is 29.1 Å². The summed E-state index contributed by atoms with van der Waals surface area (Å²) in [6.45, 7) is 0. The third kappa shape index (κ3) is 5.48. The molecule has 19 heteroatoms. The van der Waals surface area contributed by atoms with Crippen LogP contribution in [0.15, 0.2) is 31.2 Å². The van der Waals surface area contributed by atoms with Crippen molar-refractivity contribution in [2.45, 2.75) is 48.4 Å². The topological polar surface area (TPSA) is 228 Å². The number of carboxylic acids is 1. The molecule has 0 aromatic carbocycles. The van der Waals surface area contributed by atoms with E-state index in [0.29, 0.717) is 5.57 Å². The molecule has 1 aliphatic carbocycles. The minimum absolute atomic E-state index is 0.0337. The predicted molar refractivity (Wildman–Crippen MR) is 145 cm³/mol. The Kier molecular flexibility index (Phi) is 7.95.